The van der Waals surface area contributed by atoms with Crippen LogP contribution >= 0.6 is 0 Å². The minimum atomic E-state index is 0.444. The van der Waals surface area contributed by atoms with Crippen molar-refractivity contribution in [2.24, 2.45) is 0 Å². The van der Waals surface area contributed by atoms with Gasteiger partial charge in [0.15, 0.2) is 0 Å². The zero-order chi connectivity index (χ0) is 16.9. The number of benzene rings is 2. The van der Waals surface area contributed by atoms with Crippen molar-refractivity contribution in [3.63, 3.8) is 0 Å². The zero-order valence-electron chi connectivity index (χ0n) is 14.5. The molecule has 3 rings (SSSR count). The van der Waals surface area contributed by atoms with E-state index in [1.807, 2.05) is 30.3 Å². The molecule has 0 aliphatic heterocycles. The molecule has 4 nitrogen and oxygen atoms in total. The summed E-state index contributed by atoms with van der Waals surface area (Å²) in [5.41, 5.74) is 3.42. The van der Waals surface area contributed by atoms with Gasteiger partial charge in [0.1, 0.15) is 18.2 Å². The van der Waals surface area contributed by atoms with Crippen molar-refractivity contribution >= 4 is 11.0 Å². The standard InChI is InChI=1S/C20H24N2O2/c1-15(2)16-8-10-17(11-9-16)24-14-20-21-18-6-4-5-7-19(18)22(20)12-13-23-3/h4-11,15H,12-14H2,1-3H3. The number of rotatable bonds is 7. The SMILES string of the molecule is COCCn1c(COc2ccc(C(C)C)cc2)nc2ccccc21. The van der Waals surface area contributed by atoms with Crippen LogP contribution in [0.1, 0.15) is 31.2 Å². The lowest BCUT2D eigenvalue weighted by molar-refractivity contribution is 0.185. The number of aromatic nitrogens is 2. The number of ether oxygens (including phenoxy) is 2. The summed E-state index contributed by atoms with van der Waals surface area (Å²) in [5.74, 6) is 2.31. The first-order chi connectivity index (χ1) is 11.7. The van der Waals surface area contributed by atoms with Gasteiger partial charge in [0.25, 0.3) is 0 Å². The predicted octanol–water partition coefficient (Wildman–Crippen LogP) is 4.39. The van der Waals surface area contributed by atoms with Gasteiger partial charge in [0, 0.05) is 13.7 Å². The quantitative estimate of drug-likeness (QED) is 0.647. The van der Waals surface area contributed by atoms with Gasteiger partial charge in [-0.25, -0.2) is 4.98 Å². The number of methoxy groups -OCH3 is 1. The van der Waals surface area contributed by atoms with Gasteiger partial charge in [0.05, 0.1) is 17.6 Å². The van der Waals surface area contributed by atoms with Crippen LogP contribution in [0, 0.1) is 0 Å². The van der Waals surface area contributed by atoms with Crippen LogP contribution in [0.4, 0.5) is 0 Å². The largest absolute Gasteiger partial charge is 0.486 e. The van der Waals surface area contributed by atoms with Crippen molar-refractivity contribution in [3.8, 4) is 5.75 Å². The summed E-state index contributed by atoms with van der Waals surface area (Å²) in [6.45, 7) is 6.24. The predicted molar refractivity (Wildman–Crippen MR) is 96.5 cm³/mol. The Hall–Kier alpha value is -2.33. The Labute approximate surface area is 143 Å². The Morgan fingerprint density at radius 1 is 1.04 bits per heavy atom. The Balaban J connectivity index is 1.78. The van der Waals surface area contributed by atoms with Crippen LogP contribution in [0.15, 0.2) is 48.5 Å². The fourth-order valence-corrected chi connectivity index (χ4v) is 2.76. The van der Waals surface area contributed by atoms with Crippen LogP contribution in [-0.2, 0) is 17.9 Å². The van der Waals surface area contributed by atoms with E-state index in [0.717, 1.165) is 29.2 Å². The molecule has 1 heterocycles. The minimum absolute atomic E-state index is 0.444. The van der Waals surface area contributed by atoms with Gasteiger partial charge in [-0.05, 0) is 35.7 Å². The highest BCUT2D eigenvalue weighted by molar-refractivity contribution is 5.75. The van der Waals surface area contributed by atoms with Crippen LogP contribution in [0.3, 0.4) is 0 Å². The molecule has 3 aromatic rings. The van der Waals surface area contributed by atoms with E-state index < -0.39 is 0 Å². The highest BCUT2D eigenvalue weighted by Gasteiger charge is 2.11. The molecule has 0 atom stereocenters. The lowest BCUT2D eigenvalue weighted by Gasteiger charge is -2.11. The van der Waals surface area contributed by atoms with E-state index in [4.69, 9.17) is 14.5 Å². The number of hydrogen-bond donors (Lipinski definition) is 0. The van der Waals surface area contributed by atoms with Crippen LogP contribution in [0.5, 0.6) is 5.75 Å². The van der Waals surface area contributed by atoms with Crippen molar-refractivity contribution in [1.29, 1.82) is 0 Å². The number of para-hydroxylation sites is 2. The second kappa shape index (κ2) is 7.49. The molecule has 0 amide bonds. The van der Waals surface area contributed by atoms with Gasteiger partial charge in [-0.3, -0.25) is 0 Å². The van der Waals surface area contributed by atoms with E-state index in [0.29, 0.717) is 19.1 Å². The van der Waals surface area contributed by atoms with Gasteiger partial charge >= 0.3 is 0 Å². The maximum absolute atomic E-state index is 5.95. The number of imidazole rings is 1. The number of fused-ring (bicyclic) bond motifs is 1. The lowest BCUT2D eigenvalue weighted by atomic mass is 10.0. The molecule has 0 saturated heterocycles. The highest BCUT2D eigenvalue weighted by atomic mass is 16.5. The molecule has 0 fully saturated rings. The van der Waals surface area contributed by atoms with Crippen LogP contribution < -0.4 is 4.74 Å². The first-order valence-corrected chi connectivity index (χ1v) is 8.35. The van der Waals surface area contributed by atoms with Gasteiger partial charge in [0.2, 0.25) is 0 Å². The molecule has 0 aliphatic rings. The lowest BCUT2D eigenvalue weighted by Crippen LogP contribution is -2.10. The molecule has 2 aromatic carbocycles. The van der Waals surface area contributed by atoms with E-state index in [1.165, 1.54) is 5.56 Å². The van der Waals surface area contributed by atoms with Crippen molar-refractivity contribution in [1.82, 2.24) is 9.55 Å². The van der Waals surface area contributed by atoms with Gasteiger partial charge in [-0.1, -0.05) is 38.1 Å². The third kappa shape index (κ3) is 3.60. The van der Waals surface area contributed by atoms with Gasteiger partial charge < -0.3 is 14.0 Å². The topological polar surface area (TPSA) is 36.3 Å². The highest BCUT2D eigenvalue weighted by Crippen LogP contribution is 2.21. The summed E-state index contributed by atoms with van der Waals surface area (Å²) in [6.07, 6.45) is 0. The van der Waals surface area contributed by atoms with E-state index in [2.05, 4.69) is 36.6 Å². The molecule has 0 bridgehead atoms. The first-order valence-electron chi connectivity index (χ1n) is 8.35. The minimum Gasteiger partial charge on any atom is -0.486 e. The Kier molecular flexibility index (Phi) is 5.16. The normalized spacial score (nSPS) is 11.3. The van der Waals surface area contributed by atoms with E-state index in [1.54, 1.807) is 7.11 Å². The third-order valence-corrected chi connectivity index (χ3v) is 4.17. The molecule has 4 heteroatoms. The molecule has 0 aliphatic carbocycles. The van der Waals surface area contributed by atoms with Crippen LogP contribution in [-0.4, -0.2) is 23.3 Å². The van der Waals surface area contributed by atoms with Crippen molar-refractivity contribution < 1.29 is 9.47 Å². The summed E-state index contributed by atoms with van der Waals surface area (Å²) < 4.78 is 13.3. The summed E-state index contributed by atoms with van der Waals surface area (Å²) in [7, 11) is 1.71. The average molecular weight is 324 g/mol. The van der Waals surface area contributed by atoms with Gasteiger partial charge in [-0.15, -0.1) is 0 Å². The zero-order valence-corrected chi connectivity index (χ0v) is 14.5. The maximum atomic E-state index is 5.95. The third-order valence-electron chi connectivity index (χ3n) is 4.17. The smallest absolute Gasteiger partial charge is 0.148 e. The van der Waals surface area contributed by atoms with Gasteiger partial charge in [-0.2, -0.15) is 0 Å². The maximum Gasteiger partial charge on any atom is 0.148 e. The van der Waals surface area contributed by atoms with Crippen molar-refractivity contribution in [3.05, 3.63) is 59.9 Å². The summed E-state index contributed by atoms with van der Waals surface area (Å²) in [6, 6.07) is 16.4. The number of nitrogens with zero attached hydrogens (tertiary/aromatic N) is 2. The molecule has 126 valence electrons. The average Bonchev–Trinajstić information content (AvgIpc) is 2.96. The Morgan fingerprint density at radius 2 is 1.79 bits per heavy atom. The van der Waals surface area contributed by atoms with E-state index >= 15 is 0 Å². The van der Waals surface area contributed by atoms with E-state index in [9.17, 15) is 0 Å². The molecular weight excluding hydrogens is 300 g/mol. The molecule has 0 unspecified atom stereocenters. The molecule has 1 aromatic heterocycles. The molecule has 0 saturated carbocycles. The van der Waals surface area contributed by atoms with Crippen LogP contribution in [0.2, 0.25) is 0 Å². The second-order valence-corrected chi connectivity index (χ2v) is 6.17. The second-order valence-electron chi connectivity index (χ2n) is 6.17. The Morgan fingerprint density at radius 3 is 2.50 bits per heavy atom. The monoisotopic (exact) mass is 324 g/mol. The molecule has 24 heavy (non-hydrogen) atoms. The van der Waals surface area contributed by atoms with Crippen LogP contribution in [0.25, 0.3) is 11.0 Å². The first kappa shape index (κ1) is 16.5. The van der Waals surface area contributed by atoms with Crippen molar-refractivity contribution in [2.75, 3.05) is 13.7 Å². The van der Waals surface area contributed by atoms with E-state index in [-0.39, 0.29) is 0 Å². The van der Waals surface area contributed by atoms with Crippen molar-refractivity contribution in [2.45, 2.75) is 32.9 Å². The molecule has 0 N–H and O–H groups in total. The summed E-state index contributed by atoms with van der Waals surface area (Å²) in [4.78, 5) is 4.71. The fraction of sp³-hybridized carbons (Fsp3) is 0.350. The Bertz CT molecular complexity index is 791. The fourth-order valence-electron chi connectivity index (χ4n) is 2.76. The molecular formula is C20H24N2O2. The number of hydrogen-bond acceptors (Lipinski definition) is 3. The summed E-state index contributed by atoms with van der Waals surface area (Å²) >= 11 is 0. The summed E-state index contributed by atoms with van der Waals surface area (Å²) in [5, 5.41) is 0. The molecule has 0 radical (unpaired) electrons. The molecule has 0 spiro atoms.